The summed E-state index contributed by atoms with van der Waals surface area (Å²) in [5.41, 5.74) is 0. The number of hydrogen-bond acceptors (Lipinski definition) is 1. The van der Waals surface area contributed by atoms with E-state index in [4.69, 9.17) is 16.3 Å². The zero-order valence-electron chi connectivity index (χ0n) is 7.16. The van der Waals surface area contributed by atoms with E-state index >= 15 is 0 Å². The van der Waals surface area contributed by atoms with Gasteiger partial charge in [-0.25, -0.2) is 0 Å². The lowest BCUT2D eigenvalue weighted by atomic mass is 10.0. The minimum absolute atomic E-state index is 0.141. The molecule has 5 heteroatoms. The summed E-state index contributed by atoms with van der Waals surface area (Å²) in [5, 5.41) is -1.06. The van der Waals surface area contributed by atoms with Crippen LogP contribution in [0.4, 0.5) is 13.2 Å². The molecule has 1 nitrogen and oxygen atoms in total. The van der Waals surface area contributed by atoms with Crippen LogP contribution in [0.1, 0.15) is 32.1 Å². The van der Waals surface area contributed by atoms with E-state index in [1.54, 1.807) is 0 Å². The van der Waals surface area contributed by atoms with Crippen LogP contribution in [0.3, 0.4) is 0 Å². The number of ether oxygens (including phenoxy) is 1. The molecule has 1 atom stereocenters. The SMILES string of the molecule is FC(F)(F)CCC1(Cl)CCCCO1. The van der Waals surface area contributed by atoms with Crippen molar-refractivity contribution in [2.24, 2.45) is 0 Å². The molecule has 1 rings (SSSR count). The molecule has 1 fully saturated rings. The van der Waals surface area contributed by atoms with Crippen molar-refractivity contribution >= 4 is 11.6 Å². The van der Waals surface area contributed by atoms with Gasteiger partial charge in [-0.05, 0) is 25.7 Å². The van der Waals surface area contributed by atoms with E-state index in [1.165, 1.54) is 0 Å². The molecule has 0 bridgehead atoms. The van der Waals surface area contributed by atoms with Crippen LogP contribution in [-0.4, -0.2) is 17.8 Å². The molecule has 1 heterocycles. The number of hydrogen-bond donors (Lipinski definition) is 0. The molecule has 0 spiro atoms. The van der Waals surface area contributed by atoms with E-state index in [9.17, 15) is 13.2 Å². The molecule has 1 aliphatic rings. The molecule has 1 aliphatic heterocycles. The van der Waals surface area contributed by atoms with E-state index in [1.807, 2.05) is 0 Å². The Morgan fingerprint density at radius 2 is 2.00 bits per heavy atom. The summed E-state index contributed by atoms with van der Waals surface area (Å²) in [7, 11) is 0. The Hall–Kier alpha value is 0.0400. The molecule has 78 valence electrons. The van der Waals surface area contributed by atoms with E-state index in [-0.39, 0.29) is 6.42 Å². The summed E-state index contributed by atoms with van der Waals surface area (Å²) < 4.78 is 40.7. The molecule has 1 unspecified atom stereocenters. The second-order valence-electron chi connectivity index (χ2n) is 3.30. The molecule has 0 radical (unpaired) electrons. The van der Waals surface area contributed by atoms with Crippen molar-refractivity contribution in [2.75, 3.05) is 6.61 Å². The minimum Gasteiger partial charge on any atom is -0.360 e. The standard InChI is InChI=1S/C8H12ClF3O/c9-7(3-1-2-6-13-7)4-5-8(10,11)12/h1-6H2. The van der Waals surface area contributed by atoms with Gasteiger partial charge in [0.15, 0.2) is 0 Å². The van der Waals surface area contributed by atoms with Crippen molar-refractivity contribution in [3.63, 3.8) is 0 Å². The molecule has 0 amide bonds. The lowest BCUT2D eigenvalue weighted by molar-refractivity contribution is -0.147. The Labute approximate surface area is 80.2 Å². The molecule has 1 saturated heterocycles. The van der Waals surface area contributed by atoms with Crippen LogP contribution in [0.5, 0.6) is 0 Å². The zero-order chi connectivity index (χ0) is 9.95. The smallest absolute Gasteiger partial charge is 0.360 e. The van der Waals surface area contributed by atoms with Crippen molar-refractivity contribution in [2.45, 2.75) is 43.3 Å². The van der Waals surface area contributed by atoms with Crippen molar-refractivity contribution in [3.8, 4) is 0 Å². The molecular weight excluding hydrogens is 205 g/mol. The fraction of sp³-hybridized carbons (Fsp3) is 1.00. The Bertz CT molecular complexity index is 163. The summed E-state index contributed by atoms with van der Waals surface area (Å²) in [4.78, 5) is 0. The van der Waals surface area contributed by atoms with Gasteiger partial charge in [0.25, 0.3) is 0 Å². The van der Waals surface area contributed by atoms with Crippen molar-refractivity contribution in [3.05, 3.63) is 0 Å². The average Bonchev–Trinajstić information content (AvgIpc) is 2.02. The highest BCUT2D eigenvalue weighted by Crippen LogP contribution is 2.36. The van der Waals surface area contributed by atoms with E-state index in [0.717, 1.165) is 12.8 Å². The first-order valence-electron chi connectivity index (χ1n) is 4.31. The van der Waals surface area contributed by atoms with Gasteiger partial charge in [0.1, 0.15) is 5.06 Å². The third kappa shape index (κ3) is 4.18. The van der Waals surface area contributed by atoms with Crippen molar-refractivity contribution in [1.29, 1.82) is 0 Å². The van der Waals surface area contributed by atoms with Crippen LogP contribution in [0.2, 0.25) is 0 Å². The lowest BCUT2D eigenvalue weighted by Gasteiger charge is -2.31. The monoisotopic (exact) mass is 216 g/mol. The van der Waals surface area contributed by atoms with Gasteiger partial charge in [0, 0.05) is 13.0 Å². The van der Waals surface area contributed by atoms with Crippen LogP contribution in [-0.2, 0) is 4.74 Å². The van der Waals surface area contributed by atoms with Gasteiger partial charge >= 0.3 is 6.18 Å². The first-order valence-corrected chi connectivity index (χ1v) is 4.69. The van der Waals surface area contributed by atoms with Crippen molar-refractivity contribution in [1.82, 2.24) is 0 Å². The molecule has 0 aliphatic carbocycles. The van der Waals surface area contributed by atoms with Crippen LogP contribution in [0.25, 0.3) is 0 Å². The van der Waals surface area contributed by atoms with E-state index in [0.29, 0.717) is 13.0 Å². The molecule has 0 aromatic heterocycles. The highest BCUT2D eigenvalue weighted by Gasteiger charge is 2.36. The van der Waals surface area contributed by atoms with Gasteiger partial charge in [0.2, 0.25) is 0 Å². The quantitative estimate of drug-likeness (QED) is 0.643. The van der Waals surface area contributed by atoms with Crippen molar-refractivity contribution < 1.29 is 17.9 Å². The van der Waals surface area contributed by atoms with Crippen LogP contribution in [0.15, 0.2) is 0 Å². The lowest BCUT2D eigenvalue weighted by Crippen LogP contribution is -2.31. The molecule has 0 aromatic carbocycles. The van der Waals surface area contributed by atoms with Gasteiger partial charge in [-0.15, -0.1) is 0 Å². The number of halogens is 4. The topological polar surface area (TPSA) is 9.23 Å². The minimum atomic E-state index is -4.14. The van der Waals surface area contributed by atoms with Gasteiger partial charge in [-0.1, -0.05) is 11.6 Å². The third-order valence-electron chi connectivity index (χ3n) is 2.09. The maximum atomic E-state index is 11.9. The number of rotatable bonds is 2. The summed E-state index contributed by atoms with van der Waals surface area (Å²) >= 11 is 5.86. The van der Waals surface area contributed by atoms with Crippen LogP contribution < -0.4 is 0 Å². The first kappa shape index (κ1) is 11.1. The molecule has 0 N–H and O–H groups in total. The molecule has 0 saturated carbocycles. The summed E-state index contributed by atoms with van der Waals surface area (Å²) in [6.45, 7) is 0.474. The second-order valence-corrected chi connectivity index (χ2v) is 3.99. The van der Waals surface area contributed by atoms with Crippen LogP contribution in [0, 0.1) is 0 Å². The molecule has 0 aromatic rings. The second kappa shape index (κ2) is 4.05. The first-order chi connectivity index (χ1) is 5.91. The predicted octanol–water partition coefficient (Wildman–Crippen LogP) is 3.46. The fourth-order valence-electron chi connectivity index (χ4n) is 1.34. The summed E-state index contributed by atoms with van der Waals surface area (Å²) in [6, 6.07) is 0. The zero-order valence-corrected chi connectivity index (χ0v) is 7.92. The Kier molecular flexibility index (Phi) is 3.46. The fourth-order valence-corrected chi connectivity index (χ4v) is 1.65. The van der Waals surface area contributed by atoms with E-state index < -0.39 is 17.7 Å². The number of alkyl halides is 4. The Balaban J connectivity index is 2.33. The highest BCUT2D eigenvalue weighted by atomic mass is 35.5. The van der Waals surface area contributed by atoms with Gasteiger partial charge < -0.3 is 4.74 Å². The maximum Gasteiger partial charge on any atom is 0.389 e. The normalized spacial score (nSPS) is 30.5. The van der Waals surface area contributed by atoms with E-state index in [2.05, 4.69) is 0 Å². The van der Waals surface area contributed by atoms with Crippen LogP contribution >= 0.6 is 11.6 Å². The Morgan fingerprint density at radius 3 is 2.46 bits per heavy atom. The molecular formula is C8H12ClF3O. The predicted molar refractivity (Wildman–Crippen MR) is 43.7 cm³/mol. The van der Waals surface area contributed by atoms with Gasteiger partial charge in [0.05, 0.1) is 0 Å². The largest absolute Gasteiger partial charge is 0.389 e. The third-order valence-corrected chi connectivity index (χ3v) is 2.57. The molecule has 13 heavy (non-hydrogen) atoms. The van der Waals surface area contributed by atoms with Gasteiger partial charge in [-0.2, -0.15) is 13.2 Å². The maximum absolute atomic E-state index is 11.9. The Morgan fingerprint density at radius 1 is 1.31 bits per heavy atom. The highest BCUT2D eigenvalue weighted by molar-refractivity contribution is 6.22. The van der Waals surface area contributed by atoms with Gasteiger partial charge in [-0.3, -0.25) is 0 Å². The average molecular weight is 217 g/mol. The summed E-state index contributed by atoms with van der Waals surface area (Å²) in [5.74, 6) is 0. The summed E-state index contributed by atoms with van der Waals surface area (Å²) in [6.07, 6.45) is -2.89.